The lowest BCUT2D eigenvalue weighted by Crippen LogP contribution is -2.21. The number of carbonyl (C=O) groups excluding carboxylic acids is 1. The van der Waals surface area contributed by atoms with Gasteiger partial charge in [0.1, 0.15) is 0 Å². The van der Waals surface area contributed by atoms with Crippen molar-refractivity contribution >= 4 is 11.6 Å². The maximum atomic E-state index is 11.9. The van der Waals surface area contributed by atoms with Crippen LogP contribution in [0.3, 0.4) is 0 Å². The molecule has 0 unspecified atom stereocenters. The van der Waals surface area contributed by atoms with E-state index in [1.54, 1.807) is 0 Å². The Bertz CT molecular complexity index is 436. The summed E-state index contributed by atoms with van der Waals surface area (Å²) in [6.45, 7) is 4.41. The van der Waals surface area contributed by atoms with Gasteiger partial charge in [-0.2, -0.15) is 0 Å². The highest BCUT2D eigenvalue weighted by Gasteiger charge is 2.13. The fourth-order valence-corrected chi connectivity index (χ4v) is 1.69. The summed E-state index contributed by atoms with van der Waals surface area (Å²) < 4.78 is 0. The zero-order valence-electron chi connectivity index (χ0n) is 11.0. The smallest absolute Gasteiger partial charge is 0.227 e. The van der Waals surface area contributed by atoms with Crippen LogP contribution in [0.4, 0.5) is 5.69 Å². The summed E-state index contributed by atoms with van der Waals surface area (Å²) in [5, 5.41) is 2.92. The molecule has 0 saturated heterocycles. The molecule has 0 spiro atoms. The predicted molar refractivity (Wildman–Crippen MR) is 75.1 cm³/mol. The zero-order valence-corrected chi connectivity index (χ0v) is 11.0. The Hall–Kier alpha value is -1.79. The van der Waals surface area contributed by atoms with Crippen molar-refractivity contribution < 1.29 is 4.79 Å². The first-order valence-electron chi connectivity index (χ1n) is 6.31. The molecule has 0 aliphatic heterocycles. The number of anilines is 1. The fraction of sp³-hybridized carbons (Fsp3) is 0.400. The molecule has 0 atom stereocenters. The van der Waals surface area contributed by atoms with Gasteiger partial charge in [0.2, 0.25) is 5.91 Å². The first-order valence-corrected chi connectivity index (χ1v) is 6.31. The summed E-state index contributed by atoms with van der Waals surface area (Å²) in [4.78, 5) is 11.9. The lowest BCUT2D eigenvalue weighted by molar-refractivity contribution is -0.120. The molecule has 1 rings (SSSR count). The van der Waals surface area contributed by atoms with E-state index >= 15 is 0 Å². The third-order valence-electron chi connectivity index (χ3n) is 2.84. The van der Waals surface area contributed by atoms with Crippen LogP contribution in [0.2, 0.25) is 0 Å². The van der Waals surface area contributed by atoms with Crippen LogP contribution in [-0.4, -0.2) is 12.5 Å². The lowest BCUT2D eigenvalue weighted by Gasteiger charge is -2.12. The van der Waals surface area contributed by atoms with Gasteiger partial charge in [0.25, 0.3) is 0 Å². The monoisotopic (exact) mass is 244 g/mol. The number of rotatable bonds is 4. The van der Waals surface area contributed by atoms with Crippen LogP contribution in [0.15, 0.2) is 24.3 Å². The maximum absolute atomic E-state index is 11.9. The number of nitrogens with two attached hydrogens (primary N) is 1. The molecule has 18 heavy (non-hydrogen) atoms. The van der Waals surface area contributed by atoms with Crippen LogP contribution >= 0.6 is 0 Å². The third kappa shape index (κ3) is 4.23. The first-order chi connectivity index (χ1) is 8.71. The Morgan fingerprint density at radius 2 is 1.89 bits per heavy atom. The molecule has 0 heterocycles. The lowest BCUT2D eigenvalue weighted by atomic mass is 10.0. The van der Waals surface area contributed by atoms with E-state index in [4.69, 9.17) is 5.73 Å². The second-order valence-electron chi connectivity index (χ2n) is 4.09. The maximum Gasteiger partial charge on any atom is 0.227 e. The second kappa shape index (κ2) is 7.52. The Labute approximate surface area is 109 Å². The van der Waals surface area contributed by atoms with E-state index < -0.39 is 0 Å². The minimum Gasteiger partial charge on any atom is -0.326 e. The van der Waals surface area contributed by atoms with Crippen molar-refractivity contribution in [1.29, 1.82) is 0 Å². The van der Waals surface area contributed by atoms with E-state index in [1.165, 1.54) is 0 Å². The molecule has 3 nitrogen and oxygen atoms in total. The second-order valence-corrected chi connectivity index (χ2v) is 4.09. The van der Waals surface area contributed by atoms with E-state index in [2.05, 4.69) is 17.2 Å². The summed E-state index contributed by atoms with van der Waals surface area (Å²) in [5.74, 6) is 5.90. The largest absolute Gasteiger partial charge is 0.326 e. The van der Waals surface area contributed by atoms with Gasteiger partial charge in [0, 0.05) is 17.2 Å². The van der Waals surface area contributed by atoms with E-state index in [9.17, 15) is 4.79 Å². The van der Waals surface area contributed by atoms with Crippen LogP contribution in [0.25, 0.3) is 0 Å². The van der Waals surface area contributed by atoms with E-state index in [0.29, 0.717) is 6.54 Å². The third-order valence-corrected chi connectivity index (χ3v) is 2.84. The Morgan fingerprint density at radius 1 is 1.28 bits per heavy atom. The van der Waals surface area contributed by atoms with Crippen molar-refractivity contribution in [2.45, 2.75) is 26.7 Å². The molecule has 0 radical (unpaired) electrons. The predicted octanol–water partition coefficient (Wildman–Crippen LogP) is 2.37. The molecule has 0 saturated carbocycles. The summed E-state index contributed by atoms with van der Waals surface area (Å²) >= 11 is 0. The minimum atomic E-state index is 0.0841. The van der Waals surface area contributed by atoms with Crippen molar-refractivity contribution in [3.63, 3.8) is 0 Å². The van der Waals surface area contributed by atoms with Gasteiger partial charge in [-0.15, -0.1) is 0 Å². The molecule has 1 aromatic carbocycles. The van der Waals surface area contributed by atoms with Gasteiger partial charge in [-0.3, -0.25) is 4.79 Å². The summed E-state index contributed by atoms with van der Waals surface area (Å²) in [6.07, 6.45) is 1.73. The van der Waals surface area contributed by atoms with Crippen molar-refractivity contribution in [2.24, 2.45) is 11.7 Å². The highest BCUT2D eigenvalue weighted by Crippen LogP contribution is 2.13. The number of hydrogen-bond acceptors (Lipinski definition) is 2. The molecule has 0 aliphatic carbocycles. The van der Waals surface area contributed by atoms with Crippen LogP contribution in [0, 0.1) is 17.8 Å². The molecule has 0 bridgehead atoms. The number of carbonyl (C=O) groups is 1. The van der Waals surface area contributed by atoms with Crippen LogP contribution in [-0.2, 0) is 4.79 Å². The van der Waals surface area contributed by atoms with Crippen LogP contribution < -0.4 is 11.1 Å². The van der Waals surface area contributed by atoms with Gasteiger partial charge in [-0.1, -0.05) is 25.7 Å². The van der Waals surface area contributed by atoms with Crippen LogP contribution in [0.1, 0.15) is 32.3 Å². The molecular weight excluding hydrogens is 224 g/mol. The summed E-state index contributed by atoms with van der Waals surface area (Å²) in [7, 11) is 0. The normalized spacial score (nSPS) is 9.78. The average molecular weight is 244 g/mol. The fourth-order valence-electron chi connectivity index (χ4n) is 1.69. The van der Waals surface area contributed by atoms with Gasteiger partial charge in [-0.25, -0.2) is 0 Å². The molecular formula is C15H20N2O. The standard InChI is InChI=1S/C15H20N2O/c1-3-13(4-2)15(18)17-14-9-7-12(8-10-14)6-5-11-16/h7-10,13H,3-4,11,16H2,1-2H3,(H,17,18). The van der Waals surface area contributed by atoms with Gasteiger partial charge in [0.15, 0.2) is 0 Å². The molecule has 1 aromatic rings. The van der Waals surface area contributed by atoms with Gasteiger partial charge in [-0.05, 0) is 37.1 Å². The first kappa shape index (κ1) is 14.3. The minimum absolute atomic E-state index is 0.0841. The van der Waals surface area contributed by atoms with Crippen molar-refractivity contribution in [2.75, 3.05) is 11.9 Å². The zero-order chi connectivity index (χ0) is 13.4. The molecule has 96 valence electrons. The quantitative estimate of drug-likeness (QED) is 0.799. The molecule has 1 amide bonds. The molecule has 3 heteroatoms. The Kier molecular flexibility index (Phi) is 5.96. The van der Waals surface area contributed by atoms with E-state index in [0.717, 1.165) is 24.1 Å². The van der Waals surface area contributed by atoms with E-state index in [1.807, 2.05) is 38.1 Å². The van der Waals surface area contributed by atoms with Crippen molar-refractivity contribution in [3.05, 3.63) is 29.8 Å². The van der Waals surface area contributed by atoms with Gasteiger partial charge >= 0.3 is 0 Å². The Balaban J connectivity index is 2.66. The molecule has 3 N–H and O–H groups in total. The summed E-state index contributed by atoms with van der Waals surface area (Å²) in [6, 6.07) is 7.48. The SMILES string of the molecule is CCC(CC)C(=O)Nc1ccc(C#CCN)cc1. The van der Waals surface area contributed by atoms with E-state index in [-0.39, 0.29) is 11.8 Å². The summed E-state index contributed by atoms with van der Waals surface area (Å²) in [5.41, 5.74) is 7.02. The number of hydrogen-bond donors (Lipinski definition) is 2. The average Bonchev–Trinajstić information content (AvgIpc) is 2.39. The number of amides is 1. The molecule has 0 aliphatic rings. The molecule has 0 fully saturated rings. The topological polar surface area (TPSA) is 55.1 Å². The van der Waals surface area contributed by atoms with Gasteiger partial charge in [0.05, 0.1) is 6.54 Å². The van der Waals surface area contributed by atoms with Crippen LogP contribution in [0.5, 0.6) is 0 Å². The highest BCUT2D eigenvalue weighted by atomic mass is 16.1. The molecule has 0 aromatic heterocycles. The van der Waals surface area contributed by atoms with Gasteiger partial charge < -0.3 is 11.1 Å². The number of nitrogens with one attached hydrogen (secondary N) is 1. The highest BCUT2D eigenvalue weighted by molar-refractivity contribution is 5.92. The van der Waals surface area contributed by atoms with Crippen molar-refractivity contribution in [1.82, 2.24) is 0 Å². The number of benzene rings is 1. The van der Waals surface area contributed by atoms with Crippen molar-refractivity contribution in [3.8, 4) is 11.8 Å². The Morgan fingerprint density at radius 3 is 2.39 bits per heavy atom.